The van der Waals surface area contributed by atoms with Gasteiger partial charge in [-0.2, -0.15) is 0 Å². The van der Waals surface area contributed by atoms with Gasteiger partial charge in [0.05, 0.1) is 6.61 Å². The van der Waals surface area contributed by atoms with Crippen LogP contribution in [0.1, 0.15) is 48.5 Å². The van der Waals surface area contributed by atoms with Gasteiger partial charge in [-0.3, -0.25) is 4.90 Å². The Morgan fingerprint density at radius 3 is 2.37 bits per heavy atom. The average molecular weight is 585 g/mol. The molecule has 8 heteroatoms. The van der Waals surface area contributed by atoms with Gasteiger partial charge in [0.15, 0.2) is 0 Å². The number of likely N-dealkylation sites (N-methyl/N-ethyl adjacent to an activating group) is 1. The highest BCUT2D eigenvalue weighted by atomic mass is 19.1. The number of halogens is 1. The lowest BCUT2D eigenvalue weighted by Gasteiger charge is -2.35. The number of nitrogens with one attached hydrogen (secondary N) is 1. The number of para-hydroxylation sites is 1. The zero-order valence-electron chi connectivity index (χ0n) is 24.9. The largest absolute Gasteiger partial charge is 0.494 e. The van der Waals surface area contributed by atoms with Crippen molar-refractivity contribution in [3.63, 3.8) is 0 Å². The number of benzene rings is 3. The highest BCUT2D eigenvalue weighted by Crippen LogP contribution is 2.39. The van der Waals surface area contributed by atoms with Crippen LogP contribution < -0.4 is 9.47 Å². The number of hydrogen-bond acceptors (Lipinski definition) is 5. The van der Waals surface area contributed by atoms with Crippen molar-refractivity contribution in [3.05, 3.63) is 95.4 Å². The molecule has 1 aromatic heterocycles. The second kappa shape index (κ2) is 13.6. The number of aromatic nitrogens is 1. The summed E-state index contributed by atoms with van der Waals surface area (Å²) in [6, 6.07) is 21.5. The number of unbranched alkanes of at least 4 members (excludes halogenated alkanes) is 3. The third kappa shape index (κ3) is 7.03. The summed E-state index contributed by atoms with van der Waals surface area (Å²) in [6.07, 6.45) is 4.93. The molecule has 4 aromatic rings. The molecule has 1 fully saturated rings. The molecular formula is C35H41FN4O3. The van der Waals surface area contributed by atoms with Crippen molar-refractivity contribution in [2.75, 3.05) is 52.9 Å². The number of ether oxygens (including phenoxy) is 2. The van der Waals surface area contributed by atoms with E-state index in [1.165, 1.54) is 87.2 Å². The highest BCUT2D eigenvalue weighted by Gasteiger charge is 2.35. The molecule has 7 nitrogen and oxygen atoms in total. The first-order chi connectivity index (χ1) is 21.0. The molecule has 0 bridgehead atoms. The molecule has 6 rings (SSSR count). The first kappa shape index (κ1) is 29.2. The number of piperazine rings is 1. The Bertz CT molecular complexity index is 1500. The topological polar surface area (TPSA) is 61.0 Å². The first-order valence-corrected chi connectivity index (χ1v) is 15.5. The minimum absolute atomic E-state index is 0.315. The van der Waals surface area contributed by atoms with Gasteiger partial charge in [-0.1, -0.05) is 43.2 Å². The first-order valence-electron chi connectivity index (χ1n) is 15.5. The van der Waals surface area contributed by atoms with Gasteiger partial charge in [-0.15, -0.1) is 0 Å². The summed E-state index contributed by atoms with van der Waals surface area (Å²) in [6.45, 7) is 7.12. The maximum absolute atomic E-state index is 13.4. The molecule has 2 aliphatic heterocycles. The van der Waals surface area contributed by atoms with E-state index in [9.17, 15) is 9.18 Å². The van der Waals surface area contributed by atoms with E-state index < -0.39 is 6.09 Å². The van der Waals surface area contributed by atoms with E-state index in [-0.39, 0.29) is 11.9 Å². The number of nitrogens with zero attached hydrogens (tertiary/aromatic N) is 3. The number of fused-ring (bicyclic) bond motifs is 3. The molecule has 1 N–H and O–H groups in total. The predicted molar refractivity (Wildman–Crippen MR) is 167 cm³/mol. The van der Waals surface area contributed by atoms with Crippen molar-refractivity contribution >= 4 is 17.0 Å². The molecule has 1 saturated heterocycles. The molecule has 226 valence electrons. The molecule has 3 heterocycles. The van der Waals surface area contributed by atoms with Gasteiger partial charge in [0.2, 0.25) is 0 Å². The van der Waals surface area contributed by atoms with Crippen molar-refractivity contribution in [1.82, 2.24) is 19.7 Å². The normalized spacial score (nSPS) is 17.6. The Kier molecular flexibility index (Phi) is 9.24. The van der Waals surface area contributed by atoms with Crippen molar-refractivity contribution in [3.8, 4) is 11.5 Å². The van der Waals surface area contributed by atoms with Crippen LogP contribution >= 0.6 is 0 Å². The summed E-state index contributed by atoms with van der Waals surface area (Å²) in [5, 5.41) is 1.18. The molecule has 0 radical (unpaired) electrons. The summed E-state index contributed by atoms with van der Waals surface area (Å²) in [5.41, 5.74) is 4.24. The number of H-pyrrole nitrogens is 1. The number of aromatic amines is 1. The summed E-state index contributed by atoms with van der Waals surface area (Å²) >= 11 is 0. The summed E-state index contributed by atoms with van der Waals surface area (Å²) in [7, 11) is 2.20. The minimum atomic E-state index is -0.464. The zero-order valence-corrected chi connectivity index (χ0v) is 24.9. The smallest absolute Gasteiger partial charge is 0.416 e. The Hall–Kier alpha value is -3.88. The van der Waals surface area contributed by atoms with Gasteiger partial charge < -0.3 is 24.3 Å². The maximum Gasteiger partial charge on any atom is 0.416 e. The van der Waals surface area contributed by atoms with Gasteiger partial charge in [-0.05, 0) is 86.4 Å². The number of carbonyl (C=O) groups is 1. The van der Waals surface area contributed by atoms with Crippen molar-refractivity contribution < 1.29 is 18.7 Å². The number of hydrogen-bond donors (Lipinski definition) is 1. The number of carbonyl (C=O) groups excluding carboxylic acids is 1. The minimum Gasteiger partial charge on any atom is -0.494 e. The SMILES string of the molecule is CN1CCN(CCCCCCOc2ccc(C3c4[nH]c5ccccc5c4CCN3C(=O)Oc3ccc(F)cc3)cc2)CC1. The van der Waals surface area contributed by atoms with Crippen LogP contribution in [0.15, 0.2) is 72.8 Å². The van der Waals surface area contributed by atoms with Crippen LogP contribution in [0.4, 0.5) is 9.18 Å². The zero-order chi connectivity index (χ0) is 29.6. The maximum atomic E-state index is 13.4. The third-order valence-corrected chi connectivity index (χ3v) is 8.72. The second-order valence-corrected chi connectivity index (χ2v) is 11.7. The van der Waals surface area contributed by atoms with Crippen LogP contribution in [0.3, 0.4) is 0 Å². The van der Waals surface area contributed by atoms with Crippen molar-refractivity contribution in [1.29, 1.82) is 0 Å². The van der Waals surface area contributed by atoms with Crippen LogP contribution in [-0.4, -0.2) is 78.7 Å². The lowest BCUT2D eigenvalue weighted by molar-refractivity contribution is 0.135. The fourth-order valence-corrected chi connectivity index (χ4v) is 6.25. The molecule has 2 aliphatic rings. The molecule has 43 heavy (non-hydrogen) atoms. The van der Waals surface area contributed by atoms with Gasteiger partial charge >= 0.3 is 6.09 Å². The molecule has 0 spiro atoms. The Morgan fingerprint density at radius 2 is 1.58 bits per heavy atom. The van der Waals surface area contributed by atoms with Crippen LogP contribution in [0.2, 0.25) is 0 Å². The monoisotopic (exact) mass is 584 g/mol. The molecule has 1 unspecified atom stereocenters. The summed E-state index contributed by atoms with van der Waals surface area (Å²) < 4.78 is 25.2. The van der Waals surface area contributed by atoms with E-state index in [1.54, 1.807) is 4.90 Å². The van der Waals surface area contributed by atoms with E-state index >= 15 is 0 Å². The lowest BCUT2D eigenvalue weighted by Crippen LogP contribution is -2.44. The Morgan fingerprint density at radius 1 is 0.860 bits per heavy atom. The van der Waals surface area contributed by atoms with Crippen LogP contribution in [-0.2, 0) is 6.42 Å². The third-order valence-electron chi connectivity index (χ3n) is 8.72. The standard InChI is InChI=1S/C35H41FN4O3/c1-38-21-23-39(24-22-38)19-6-2-3-7-25-42-28-14-10-26(11-15-28)34-33-31(30-8-4-5-9-32(30)37-33)18-20-40(34)35(41)43-29-16-12-27(36)13-17-29/h4-5,8-17,34,37H,2-3,6-7,18-25H2,1H3. The Labute approximate surface area is 253 Å². The Balaban J connectivity index is 1.08. The van der Waals surface area contributed by atoms with E-state index in [2.05, 4.69) is 34.0 Å². The molecular weight excluding hydrogens is 543 g/mol. The van der Waals surface area contributed by atoms with E-state index in [4.69, 9.17) is 9.47 Å². The number of rotatable bonds is 10. The number of amides is 1. The van der Waals surface area contributed by atoms with E-state index in [0.717, 1.165) is 28.9 Å². The van der Waals surface area contributed by atoms with Gasteiger partial charge in [0.25, 0.3) is 0 Å². The van der Waals surface area contributed by atoms with E-state index in [0.29, 0.717) is 25.3 Å². The van der Waals surface area contributed by atoms with E-state index in [1.807, 2.05) is 36.4 Å². The van der Waals surface area contributed by atoms with Gasteiger partial charge in [-0.25, -0.2) is 9.18 Å². The molecule has 1 atom stereocenters. The molecule has 3 aromatic carbocycles. The summed E-state index contributed by atoms with van der Waals surface area (Å²) in [4.78, 5) is 23.8. The van der Waals surface area contributed by atoms with Crippen LogP contribution in [0.25, 0.3) is 10.9 Å². The van der Waals surface area contributed by atoms with Crippen LogP contribution in [0, 0.1) is 5.82 Å². The second-order valence-electron chi connectivity index (χ2n) is 11.7. The summed E-state index contributed by atoms with van der Waals surface area (Å²) in [5.74, 6) is 0.770. The molecule has 0 saturated carbocycles. The van der Waals surface area contributed by atoms with Crippen molar-refractivity contribution in [2.24, 2.45) is 0 Å². The van der Waals surface area contributed by atoms with Crippen LogP contribution in [0.5, 0.6) is 11.5 Å². The molecule has 0 aliphatic carbocycles. The predicted octanol–water partition coefficient (Wildman–Crippen LogP) is 6.64. The quantitative estimate of drug-likeness (QED) is 0.212. The van der Waals surface area contributed by atoms with Gasteiger partial charge in [0, 0.05) is 49.3 Å². The fraction of sp³-hybridized carbons (Fsp3) is 0.400. The highest BCUT2D eigenvalue weighted by molar-refractivity contribution is 5.86. The lowest BCUT2D eigenvalue weighted by atomic mass is 9.92. The van der Waals surface area contributed by atoms with Gasteiger partial charge in [0.1, 0.15) is 23.4 Å². The average Bonchev–Trinajstić information content (AvgIpc) is 3.41. The molecule has 1 amide bonds. The van der Waals surface area contributed by atoms with Crippen molar-refractivity contribution in [2.45, 2.75) is 38.1 Å². The fourth-order valence-electron chi connectivity index (χ4n) is 6.25.